The molecular weight excluding hydrogens is 204 g/mol. The average Bonchev–Trinajstić information content (AvgIpc) is 2.78. The molecule has 0 aliphatic rings. The second-order valence-electron chi connectivity index (χ2n) is 3.50. The minimum Gasteiger partial charge on any atom is -0.367 e. The van der Waals surface area contributed by atoms with Crippen molar-refractivity contribution in [1.82, 2.24) is 10.1 Å². The summed E-state index contributed by atoms with van der Waals surface area (Å²) in [6, 6.07) is 10.0. The first kappa shape index (κ1) is 10.6. The van der Waals surface area contributed by atoms with Crippen LogP contribution in [0.15, 0.2) is 34.9 Å². The highest BCUT2D eigenvalue weighted by Gasteiger charge is 2.07. The molecule has 1 aromatic heterocycles. The molecule has 0 saturated carbocycles. The van der Waals surface area contributed by atoms with Gasteiger partial charge in [0.15, 0.2) is 5.82 Å². The SMILES string of the molecule is CN(Cc1noc(CN)n1)c1ccccc1. The fraction of sp³-hybridized carbons (Fsp3) is 0.273. The van der Waals surface area contributed by atoms with Gasteiger partial charge in [0.25, 0.3) is 0 Å². The van der Waals surface area contributed by atoms with Gasteiger partial charge in [0.05, 0.1) is 13.1 Å². The van der Waals surface area contributed by atoms with E-state index in [0.29, 0.717) is 18.3 Å². The van der Waals surface area contributed by atoms with Crippen molar-refractivity contribution in [2.45, 2.75) is 13.1 Å². The van der Waals surface area contributed by atoms with E-state index in [4.69, 9.17) is 10.3 Å². The lowest BCUT2D eigenvalue weighted by molar-refractivity contribution is 0.374. The molecule has 5 heteroatoms. The minimum absolute atomic E-state index is 0.280. The predicted molar refractivity (Wildman–Crippen MR) is 60.7 cm³/mol. The summed E-state index contributed by atoms with van der Waals surface area (Å²) in [6.07, 6.45) is 0. The molecule has 0 fully saturated rings. The Morgan fingerprint density at radius 2 is 2.06 bits per heavy atom. The van der Waals surface area contributed by atoms with Crippen LogP contribution in [-0.2, 0) is 13.1 Å². The smallest absolute Gasteiger partial charge is 0.240 e. The third kappa shape index (κ3) is 2.38. The van der Waals surface area contributed by atoms with Gasteiger partial charge < -0.3 is 15.2 Å². The molecule has 0 amide bonds. The summed E-state index contributed by atoms with van der Waals surface area (Å²) in [7, 11) is 1.98. The van der Waals surface area contributed by atoms with E-state index in [1.54, 1.807) is 0 Å². The van der Waals surface area contributed by atoms with Crippen LogP contribution >= 0.6 is 0 Å². The molecule has 0 radical (unpaired) electrons. The van der Waals surface area contributed by atoms with Crippen molar-refractivity contribution in [2.75, 3.05) is 11.9 Å². The van der Waals surface area contributed by atoms with Gasteiger partial charge in [0.1, 0.15) is 0 Å². The van der Waals surface area contributed by atoms with E-state index in [1.165, 1.54) is 0 Å². The number of benzene rings is 1. The summed E-state index contributed by atoms with van der Waals surface area (Å²) in [5.41, 5.74) is 6.51. The first-order chi connectivity index (χ1) is 7.79. The lowest BCUT2D eigenvalue weighted by atomic mass is 10.3. The van der Waals surface area contributed by atoms with Gasteiger partial charge in [-0.25, -0.2) is 0 Å². The molecule has 2 rings (SSSR count). The van der Waals surface area contributed by atoms with E-state index < -0.39 is 0 Å². The molecule has 16 heavy (non-hydrogen) atoms. The van der Waals surface area contributed by atoms with Crippen molar-refractivity contribution in [3.63, 3.8) is 0 Å². The second-order valence-corrected chi connectivity index (χ2v) is 3.50. The molecule has 0 unspecified atom stereocenters. The number of nitrogens with two attached hydrogens (primary N) is 1. The molecule has 0 aliphatic heterocycles. The van der Waals surface area contributed by atoms with E-state index in [1.807, 2.05) is 42.3 Å². The van der Waals surface area contributed by atoms with Crippen LogP contribution < -0.4 is 10.6 Å². The van der Waals surface area contributed by atoms with Crippen molar-refractivity contribution in [3.8, 4) is 0 Å². The van der Waals surface area contributed by atoms with Gasteiger partial charge in [-0.1, -0.05) is 23.4 Å². The van der Waals surface area contributed by atoms with Gasteiger partial charge >= 0.3 is 0 Å². The van der Waals surface area contributed by atoms with Gasteiger partial charge in [0.2, 0.25) is 5.89 Å². The van der Waals surface area contributed by atoms with Crippen molar-refractivity contribution < 1.29 is 4.52 Å². The molecule has 0 bridgehead atoms. The Morgan fingerprint density at radius 3 is 2.69 bits per heavy atom. The molecule has 84 valence electrons. The molecule has 1 heterocycles. The van der Waals surface area contributed by atoms with Crippen LogP contribution in [0.3, 0.4) is 0 Å². The van der Waals surface area contributed by atoms with Crippen molar-refractivity contribution in [1.29, 1.82) is 0 Å². The number of para-hydroxylation sites is 1. The molecule has 2 aromatic rings. The zero-order chi connectivity index (χ0) is 11.4. The van der Waals surface area contributed by atoms with E-state index >= 15 is 0 Å². The molecule has 0 saturated heterocycles. The summed E-state index contributed by atoms with van der Waals surface area (Å²) in [5.74, 6) is 1.11. The van der Waals surface area contributed by atoms with Crippen LogP contribution in [0.5, 0.6) is 0 Å². The van der Waals surface area contributed by atoms with Crippen LogP contribution in [0, 0.1) is 0 Å². The fourth-order valence-electron chi connectivity index (χ4n) is 1.42. The summed E-state index contributed by atoms with van der Waals surface area (Å²) in [5, 5.41) is 3.84. The van der Waals surface area contributed by atoms with Crippen molar-refractivity contribution in [3.05, 3.63) is 42.0 Å². The predicted octanol–water partition coefficient (Wildman–Crippen LogP) is 1.16. The summed E-state index contributed by atoms with van der Waals surface area (Å²) < 4.78 is 4.94. The molecule has 2 N–H and O–H groups in total. The Kier molecular flexibility index (Phi) is 3.16. The summed E-state index contributed by atoms with van der Waals surface area (Å²) in [6.45, 7) is 0.884. The lowest BCUT2D eigenvalue weighted by Gasteiger charge is -2.16. The first-order valence-electron chi connectivity index (χ1n) is 5.07. The number of aromatic nitrogens is 2. The Labute approximate surface area is 93.9 Å². The van der Waals surface area contributed by atoms with Gasteiger partial charge in [0, 0.05) is 12.7 Å². The van der Waals surface area contributed by atoms with E-state index in [-0.39, 0.29) is 6.54 Å². The second kappa shape index (κ2) is 4.76. The Bertz CT molecular complexity index is 440. The average molecular weight is 218 g/mol. The quantitative estimate of drug-likeness (QED) is 0.834. The number of hydrogen-bond acceptors (Lipinski definition) is 5. The van der Waals surface area contributed by atoms with Crippen LogP contribution in [0.25, 0.3) is 0 Å². The number of rotatable bonds is 4. The van der Waals surface area contributed by atoms with Crippen LogP contribution in [0.4, 0.5) is 5.69 Å². The topological polar surface area (TPSA) is 68.2 Å². The highest BCUT2D eigenvalue weighted by atomic mass is 16.5. The maximum absolute atomic E-state index is 5.40. The van der Waals surface area contributed by atoms with Gasteiger partial charge in [-0.2, -0.15) is 4.98 Å². The van der Waals surface area contributed by atoms with Crippen LogP contribution in [0.2, 0.25) is 0 Å². The van der Waals surface area contributed by atoms with E-state index in [9.17, 15) is 0 Å². The largest absolute Gasteiger partial charge is 0.367 e. The highest BCUT2D eigenvalue weighted by Crippen LogP contribution is 2.13. The number of hydrogen-bond donors (Lipinski definition) is 1. The Balaban J connectivity index is 2.05. The van der Waals surface area contributed by atoms with Crippen molar-refractivity contribution in [2.24, 2.45) is 5.73 Å². The van der Waals surface area contributed by atoms with Crippen LogP contribution in [0.1, 0.15) is 11.7 Å². The molecule has 5 nitrogen and oxygen atoms in total. The summed E-state index contributed by atoms with van der Waals surface area (Å²) >= 11 is 0. The first-order valence-corrected chi connectivity index (χ1v) is 5.07. The van der Waals surface area contributed by atoms with Gasteiger partial charge in [-0.05, 0) is 12.1 Å². The monoisotopic (exact) mass is 218 g/mol. The van der Waals surface area contributed by atoms with Crippen LogP contribution in [-0.4, -0.2) is 17.2 Å². The normalized spacial score (nSPS) is 10.4. The molecular formula is C11H14N4O. The zero-order valence-electron chi connectivity index (χ0n) is 9.13. The lowest BCUT2D eigenvalue weighted by Crippen LogP contribution is -2.17. The van der Waals surface area contributed by atoms with Gasteiger partial charge in [-0.3, -0.25) is 0 Å². The Hall–Kier alpha value is -1.88. The van der Waals surface area contributed by atoms with Gasteiger partial charge in [-0.15, -0.1) is 0 Å². The fourth-order valence-corrected chi connectivity index (χ4v) is 1.42. The molecule has 1 aromatic carbocycles. The maximum Gasteiger partial charge on any atom is 0.240 e. The standard InChI is InChI=1S/C11H14N4O/c1-15(9-5-3-2-4-6-9)8-10-13-11(7-12)16-14-10/h2-6H,7-8,12H2,1H3. The summed E-state index contributed by atoms with van der Waals surface area (Å²) in [4.78, 5) is 6.20. The van der Waals surface area contributed by atoms with Crippen molar-refractivity contribution >= 4 is 5.69 Å². The zero-order valence-corrected chi connectivity index (χ0v) is 9.13. The van der Waals surface area contributed by atoms with E-state index in [0.717, 1.165) is 5.69 Å². The maximum atomic E-state index is 5.40. The third-order valence-corrected chi connectivity index (χ3v) is 2.26. The number of anilines is 1. The highest BCUT2D eigenvalue weighted by molar-refractivity contribution is 5.44. The molecule has 0 atom stereocenters. The molecule has 0 spiro atoms. The minimum atomic E-state index is 0.280. The molecule has 0 aliphatic carbocycles. The Morgan fingerprint density at radius 1 is 1.31 bits per heavy atom. The number of nitrogens with zero attached hydrogens (tertiary/aromatic N) is 3. The van der Waals surface area contributed by atoms with E-state index in [2.05, 4.69) is 10.1 Å². The third-order valence-electron chi connectivity index (χ3n) is 2.26.